The van der Waals surface area contributed by atoms with Crippen molar-refractivity contribution in [2.45, 2.75) is 26.3 Å². The molecule has 1 unspecified atom stereocenters. The zero-order chi connectivity index (χ0) is 13.0. The quantitative estimate of drug-likeness (QED) is 0.793. The number of hydrogen-bond acceptors (Lipinski definition) is 2. The molecule has 0 amide bonds. The molecule has 0 saturated heterocycles. The Balaban J connectivity index is 2.22. The largest absolute Gasteiger partial charge is 0.310 e. The van der Waals surface area contributed by atoms with Gasteiger partial charge in [0.15, 0.2) is 0 Å². The molecule has 0 saturated carbocycles. The number of thiophene rings is 1. The molecule has 2 aromatic rings. The van der Waals surface area contributed by atoms with Crippen LogP contribution in [0.2, 0.25) is 0 Å². The van der Waals surface area contributed by atoms with Gasteiger partial charge in [-0.2, -0.15) is 11.3 Å². The van der Waals surface area contributed by atoms with Crippen LogP contribution >= 0.6 is 27.3 Å². The molecule has 0 aliphatic heterocycles. The summed E-state index contributed by atoms with van der Waals surface area (Å²) in [6.07, 6.45) is 1.12. The fourth-order valence-electron chi connectivity index (χ4n) is 2.13. The van der Waals surface area contributed by atoms with E-state index in [1.165, 1.54) is 21.2 Å². The van der Waals surface area contributed by atoms with Gasteiger partial charge in [-0.05, 0) is 45.4 Å². The Morgan fingerprint density at radius 3 is 2.39 bits per heavy atom. The molecule has 2 rings (SSSR count). The van der Waals surface area contributed by atoms with Crippen LogP contribution in [-0.4, -0.2) is 6.54 Å². The Morgan fingerprint density at radius 1 is 1.17 bits per heavy atom. The van der Waals surface area contributed by atoms with Crippen LogP contribution in [-0.2, 0) is 0 Å². The van der Waals surface area contributed by atoms with Crippen molar-refractivity contribution in [3.05, 3.63) is 45.1 Å². The van der Waals surface area contributed by atoms with Crippen LogP contribution in [0.5, 0.6) is 0 Å². The first-order valence-corrected chi connectivity index (χ1v) is 8.05. The maximum absolute atomic E-state index is 3.59. The van der Waals surface area contributed by atoms with E-state index < -0.39 is 0 Å². The van der Waals surface area contributed by atoms with Crippen molar-refractivity contribution < 1.29 is 0 Å². The monoisotopic (exact) mass is 323 g/mol. The van der Waals surface area contributed by atoms with E-state index in [4.69, 9.17) is 0 Å². The summed E-state index contributed by atoms with van der Waals surface area (Å²) in [5, 5.41) is 7.81. The first-order valence-electron chi connectivity index (χ1n) is 6.31. The smallest absolute Gasteiger partial charge is 0.0360 e. The van der Waals surface area contributed by atoms with Crippen molar-refractivity contribution in [3.8, 4) is 11.1 Å². The molecule has 1 aromatic heterocycles. The Kier molecular flexibility index (Phi) is 4.98. The number of halogens is 1. The summed E-state index contributed by atoms with van der Waals surface area (Å²) >= 11 is 5.31. The minimum absolute atomic E-state index is 0.468. The highest BCUT2D eigenvalue weighted by Crippen LogP contribution is 2.32. The Labute approximate surface area is 121 Å². The standard InChI is InChI=1S/C15H18BrNS/c1-3-15(17-4-2)12-7-5-11(6-8-12)13-9-18-10-14(13)16/h5-10,15,17H,3-4H2,1-2H3. The Morgan fingerprint density at radius 2 is 1.89 bits per heavy atom. The lowest BCUT2D eigenvalue weighted by atomic mass is 10.0. The second-order valence-corrected chi connectivity index (χ2v) is 5.87. The van der Waals surface area contributed by atoms with Gasteiger partial charge in [0.25, 0.3) is 0 Å². The van der Waals surface area contributed by atoms with E-state index in [1.807, 2.05) is 0 Å². The van der Waals surface area contributed by atoms with Crippen LogP contribution in [0.4, 0.5) is 0 Å². The zero-order valence-corrected chi connectivity index (χ0v) is 13.1. The second-order valence-electron chi connectivity index (χ2n) is 4.27. The summed E-state index contributed by atoms with van der Waals surface area (Å²) in [5.74, 6) is 0. The lowest BCUT2D eigenvalue weighted by Gasteiger charge is -2.16. The molecule has 1 nitrogen and oxygen atoms in total. The minimum Gasteiger partial charge on any atom is -0.310 e. The van der Waals surface area contributed by atoms with Gasteiger partial charge in [0.05, 0.1) is 0 Å². The third-order valence-corrected chi connectivity index (χ3v) is 4.80. The summed E-state index contributed by atoms with van der Waals surface area (Å²) in [6.45, 7) is 5.38. The fraction of sp³-hybridized carbons (Fsp3) is 0.333. The normalized spacial score (nSPS) is 12.6. The van der Waals surface area contributed by atoms with Crippen LogP contribution in [0.3, 0.4) is 0 Å². The second kappa shape index (κ2) is 6.50. The number of nitrogens with one attached hydrogen (secondary N) is 1. The molecule has 0 bridgehead atoms. The van der Waals surface area contributed by atoms with E-state index >= 15 is 0 Å². The molecule has 1 heterocycles. The molecule has 0 aliphatic rings. The summed E-state index contributed by atoms with van der Waals surface area (Å²) in [7, 11) is 0. The van der Waals surface area contributed by atoms with Crippen molar-refractivity contribution in [1.82, 2.24) is 5.32 Å². The third-order valence-electron chi connectivity index (χ3n) is 3.10. The molecule has 96 valence electrons. The van der Waals surface area contributed by atoms with Gasteiger partial charge in [0, 0.05) is 21.5 Å². The van der Waals surface area contributed by atoms with E-state index in [0.717, 1.165) is 13.0 Å². The van der Waals surface area contributed by atoms with Crippen LogP contribution in [0.25, 0.3) is 11.1 Å². The lowest BCUT2D eigenvalue weighted by Crippen LogP contribution is -2.19. The molecule has 1 N–H and O–H groups in total. The zero-order valence-electron chi connectivity index (χ0n) is 10.7. The summed E-state index contributed by atoms with van der Waals surface area (Å²) in [6, 6.07) is 9.35. The SMILES string of the molecule is CCNC(CC)c1ccc(-c2cscc2Br)cc1. The van der Waals surface area contributed by atoms with Crippen molar-refractivity contribution in [2.75, 3.05) is 6.54 Å². The number of rotatable bonds is 5. The predicted octanol–water partition coefficient (Wildman–Crippen LogP) is 5.24. The van der Waals surface area contributed by atoms with Gasteiger partial charge >= 0.3 is 0 Å². The van der Waals surface area contributed by atoms with Crippen molar-refractivity contribution >= 4 is 27.3 Å². The van der Waals surface area contributed by atoms with Gasteiger partial charge in [-0.3, -0.25) is 0 Å². The molecule has 1 atom stereocenters. The Hall–Kier alpha value is -0.640. The highest BCUT2D eigenvalue weighted by molar-refractivity contribution is 9.10. The molecule has 0 radical (unpaired) electrons. The minimum atomic E-state index is 0.468. The highest BCUT2D eigenvalue weighted by Gasteiger charge is 2.08. The molecular formula is C15H18BrNS. The summed E-state index contributed by atoms with van der Waals surface area (Å²) in [4.78, 5) is 0. The summed E-state index contributed by atoms with van der Waals surface area (Å²) < 4.78 is 1.18. The molecule has 1 aromatic carbocycles. The number of hydrogen-bond donors (Lipinski definition) is 1. The average molecular weight is 324 g/mol. The fourth-order valence-corrected chi connectivity index (χ4v) is 3.66. The maximum atomic E-state index is 3.59. The van der Waals surface area contributed by atoms with Crippen molar-refractivity contribution in [1.29, 1.82) is 0 Å². The first kappa shape index (κ1) is 13.8. The molecule has 0 spiro atoms. The molecular weight excluding hydrogens is 306 g/mol. The predicted molar refractivity (Wildman–Crippen MR) is 84.2 cm³/mol. The van der Waals surface area contributed by atoms with Gasteiger partial charge in [-0.15, -0.1) is 0 Å². The molecule has 0 aliphatic carbocycles. The van der Waals surface area contributed by atoms with Crippen LogP contribution < -0.4 is 5.32 Å². The van der Waals surface area contributed by atoms with Gasteiger partial charge in [-0.1, -0.05) is 38.1 Å². The van der Waals surface area contributed by atoms with Crippen molar-refractivity contribution in [3.63, 3.8) is 0 Å². The maximum Gasteiger partial charge on any atom is 0.0360 e. The lowest BCUT2D eigenvalue weighted by molar-refractivity contribution is 0.537. The van der Waals surface area contributed by atoms with E-state index in [9.17, 15) is 0 Å². The van der Waals surface area contributed by atoms with Gasteiger partial charge in [-0.25, -0.2) is 0 Å². The van der Waals surface area contributed by atoms with E-state index in [1.54, 1.807) is 11.3 Å². The Bertz CT molecular complexity index is 489. The van der Waals surface area contributed by atoms with Gasteiger partial charge in [0.1, 0.15) is 0 Å². The molecule has 18 heavy (non-hydrogen) atoms. The van der Waals surface area contributed by atoms with Crippen LogP contribution in [0, 0.1) is 0 Å². The third kappa shape index (κ3) is 3.02. The van der Waals surface area contributed by atoms with E-state index in [2.05, 4.69) is 70.1 Å². The average Bonchev–Trinajstić information content (AvgIpc) is 2.82. The molecule has 0 fully saturated rings. The van der Waals surface area contributed by atoms with Crippen LogP contribution in [0.1, 0.15) is 31.9 Å². The number of benzene rings is 1. The van der Waals surface area contributed by atoms with E-state index in [-0.39, 0.29) is 0 Å². The van der Waals surface area contributed by atoms with Gasteiger partial charge in [0.2, 0.25) is 0 Å². The van der Waals surface area contributed by atoms with E-state index in [0.29, 0.717) is 6.04 Å². The van der Waals surface area contributed by atoms with Crippen LogP contribution in [0.15, 0.2) is 39.5 Å². The topological polar surface area (TPSA) is 12.0 Å². The highest BCUT2D eigenvalue weighted by atomic mass is 79.9. The van der Waals surface area contributed by atoms with Crippen molar-refractivity contribution in [2.24, 2.45) is 0 Å². The summed E-state index contributed by atoms with van der Waals surface area (Å²) in [5.41, 5.74) is 3.93. The molecule has 3 heteroatoms. The first-order chi connectivity index (χ1) is 8.76. The van der Waals surface area contributed by atoms with Gasteiger partial charge < -0.3 is 5.32 Å².